The lowest BCUT2D eigenvalue weighted by Gasteiger charge is -2.35. The lowest BCUT2D eigenvalue weighted by atomic mass is 10.1. The van der Waals surface area contributed by atoms with Crippen molar-refractivity contribution < 1.29 is 18.3 Å². The van der Waals surface area contributed by atoms with E-state index in [9.17, 15) is 4.39 Å². The van der Waals surface area contributed by atoms with E-state index in [1.54, 1.807) is 18.4 Å². The Hall–Kier alpha value is -2.45. The van der Waals surface area contributed by atoms with E-state index in [4.69, 9.17) is 13.9 Å². The second kappa shape index (κ2) is 11.4. The van der Waals surface area contributed by atoms with Gasteiger partial charge in [-0.15, -0.1) is 0 Å². The molecule has 0 amide bonds. The first-order chi connectivity index (χ1) is 15.7. The zero-order valence-corrected chi connectivity index (χ0v) is 18.8. The van der Waals surface area contributed by atoms with Crippen molar-refractivity contribution in [2.75, 3.05) is 39.9 Å². The first-order valence-electron chi connectivity index (χ1n) is 11.6. The van der Waals surface area contributed by atoms with Crippen molar-refractivity contribution in [2.24, 2.45) is 4.99 Å². The predicted molar refractivity (Wildman–Crippen MR) is 121 cm³/mol. The number of aliphatic imine (C=N–C) groups is 1. The number of rotatable bonds is 7. The molecule has 1 atom stereocenters. The van der Waals surface area contributed by atoms with E-state index in [1.807, 2.05) is 7.05 Å². The average Bonchev–Trinajstić information content (AvgIpc) is 3.31. The Balaban J connectivity index is 1.17. The molecule has 2 aliphatic heterocycles. The molecule has 7 nitrogen and oxygen atoms in total. The molecule has 0 bridgehead atoms. The summed E-state index contributed by atoms with van der Waals surface area (Å²) in [6.07, 6.45) is 8.48. The molecule has 2 aromatic rings. The van der Waals surface area contributed by atoms with Gasteiger partial charge in [0.2, 0.25) is 5.89 Å². The Labute approximate surface area is 189 Å². The van der Waals surface area contributed by atoms with Crippen LogP contribution < -0.4 is 5.32 Å². The van der Waals surface area contributed by atoms with Crippen molar-refractivity contribution in [1.29, 1.82) is 0 Å². The summed E-state index contributed by atoms with van der Waals surface area (Å²) in [5, 5.41) is 3.43. The van der Waals surface area contributed by atoms with Gasteiger partial charge in [-0.05, 0) is 56.4 Å². The van der Waals surface area contributed by atoms with Crippen molar-refractivity contribution in [3.05, 3.63) is 42.0 Å². The predicted octanol–water partition coefficient (Wildman–Crippen LogP) is 3.65. The van der Waals surface area contributed by atoms with E-state index in [0.717, 1.165) is 62.8 Å². The first-order valence-corrected chi connectivity index (χ1v) is 11.6. The number of piperidine rings is 1. The highest BCUT2D eigenvalue weighted by Gasteiger charge is 2.23. The van der Waals surface area contributed by atoms with Gasteiger partial charge in [0.25, 0.3) is 0 Å². The fourth-order valence-electron chi connectivity index (χ4n) is 4.20. The maximum atomic E-state index is 13.1. The van der Waals surface area contributed by atoms with E-state index in [0.29, 0.717) is 25.0 Å². The zero-order valence-electron chi connectivity index (χ0n) is 18.8. The van der Waals surface area contributed by atoms with Gasteiger partial charge in [0, 0.05) is 45.3 Å². The molecule has 0 saturated carbocycles. The van der Waals surface area contributed by atoms with Crippen LogP contribution in [0.15, 0.2) is 39.9 Å². The Kier molecular flexibility index (Phi) is 8.12. The lowest BCUT2D eigenvalue weighted by molar-refractivity contribution is -0.0721. The molecule has 0 spiro atoms. The SMILES string of the molecule is CN=C(NCCc1coc(-c2ccc(F)cc2)n1)N1CCC(OCC2CCCCO2)CC1. The van der Waals surface area contributed by atoms with E-state index in [2.05, 4.69) is 20.2 Å². The number of ether oxygens (including phenoxy) is 2. The number of halogens is 1. The van der Waals surface area contributed by atoms with Crippen LogP contribution >= 0.6 is 0 Å². The number of benzene rings is 1. The second-order valence-corrected chi connectivity index (χ2v) is 8.38. The summed E-state index contributed by atoms with van der Waals surface area (Å²) in [6, 6.07) is 6.15. The number of hydrogen-bond donors (Lipinski definition) is 1. The molecule has 32 heavy (non-hydrogen) atoms. The smallest absolute Gasteiger partial charge is 0.226 e. The molecule has 174 valence electrons. The quantitative estimate of drug-likeness (QED) is 0.519. The fourth-order valence-corrected chi connectivity index (χ4v) is 4.20. The average molecular weight is 445 g/mol. The maximum Gasteiger partial charge on any atom is 0.226 e. The summed E-state index contributed by atoms with van der Waals surface area (Å²) in [6.45, 7) is 4.15. The van der Waals surface area contributed by atoms with Gasteiger partial charge < -0.3 is 24.1 Å². The summed E-state index contributed by atoms with van der Waals surface area (Å²) in [4.78, 5) is 11.2. The van der Waals surface area contributed by atoms with Crippen LogP contribution in [0, 0.1) is 5.82 Å². The van der Waals surface area contributed by atoms with Gasteiger partial charge in [-0.1, -0.05) is 0 Å². The molecule has 2 fully saturated rings. The lowest BCUT2D eigenvalue weighted by Crippen LogP contribution is -2.47. The van der Waals surface area contributed by atoms with Crippen LogP contribution in [-0.2, 0) is 15.9 Å². The Bertz CT molecular complexity index is 856. The van der Waals surface area contributed by atoms with Crippen LogP contribution in [0.25, 0.3) is 11.5 Å². The number of nitrogens with zero attached hydrogens (tertiary/aromatic N) is 3. The largest absolute Gasteiger partial charge is 0.444 e. The molecule has 0 aliphatic carbocycles. The molecule has 2 aliphatic rings. The van der Waals surface area contributed by atoms with E-state index in [1.165, 1.54) is 25.0 Å². The summed E-state index contributed by atoms with van der Waals surface area (Å²) >= 11 is 0. The van der Waals surface area contributed by atoms with Crippen LogP contribution in [0.2, 0.25) is 0 Å². The Morgan fingerprint density at radius 2 is 2.03 bits per heavy atom. The van der Waals surface area contributed by atoms with E-state index >= 15 is 0 Å². The van der Waals surface area contributed by atoms with Gasteiger partial charge in [-0.2, -0.15) is 0 Å². The maximum absolute atomic E-state index is 13.1. The standard InChI is InChI=1S/C24H33FN4O3/c1-26-24(29-13-10-21(11-14-29)31-17-22-4-2-3-15-30-22)27-12-9-20-16-32-23(28-20)18-5-7-19(25)8-6-18/h5-8,16,21-22H,2-4,9-15,17H2,1H3,(H,26,27). The minimum Gasteiger partial charge on any atom is -0.444 e. The molecule has 8 heteroatoms. The highest BCUT2D eigenvalue weighted by Crippen LogP contribution is 2.20. The molecule has 1 aromatic heterocycles. The van der Waals surface area contributed by atoms with E-state index < -0.39 is 0 Å². The second-order valence-electron chi connectivity index (χ2n) is 8.38. The van der Waals surface area contributed by atoms with E-state index in [-0.39, 0.29) is 11.9 Å². The van der Waals surface area contributed by atoms with Crippen molar-refractivity contribution in [3.63, 3.8) is 0 Å². The van der Waals surface area contributed by atoms with Gasteiger partial charge in [0.05, 0.1) is 24.5 Å². The van der Waals surface area contributed by atoms with Gasteiger partial charge in [0.15, 0.2) is 5.96 Å². The third-order valence-corrected chi connectivity index (χ3v) is 6.05. The van der Waals surface area contributed by atoms with Crippen molar-refractivity contribution in [1.82, 2.24) is 15.2 Å². The van der Waals surface area contributed by atoms with Gasteiger partial charge >= 0.3 is 0 Å². The van der Waals surface area contributed by atoms with Crippen molar-refractivity contribution in [3.8, 4) is 11.5 Å². The summed E-state index contributed by atoms with van der Waals surface area (Å²) < 4.78 is 30.5. The Morgan fingerprint density at radius 1 is 1.22 bits per heavy atom. The zero-order chi connectivity index (χ0) is 22.2. The Morgan fingerprint density at radius 3 is 2.75 bits per heavy atom. The van der Waals surface area contributed by atoms with Crippen molar-refractivity contribution in [2.45, 2.75) is 50.7 Å². The first kappa shape index (κ1) is 22.7. The monoisotopic (exact) mass is 444 g/mol. The number of hydrogen-bond acceptors (Lipinski definition) is 5. The highest BCUT2D eigenvalue weighted by atomic mass is 19.1. The van der Waals surface area contributed by atoms with Crippen LogP contribution in [0.5, 0.6) is 0 Å². The third kappa shape index (κ3) is 6.29. The van der Waals surface area contributed by atoms with Gasteiger partial charge in [-0.25, -0.2) is 9.37 Å². The number of likely N-dealkylation sites (tertiary alicyclic amines) is 1. The fraction of sp³-hybridized carbons (Fsp3) is 0.583. The number of aromatic nitrogens is 1. The minimum atomic E-state index is -0.273. The molecule has 1 N–H and O–H groups in total. The molecule has 1 aromatic carbocycles. The molecule has 3 heterocycles. The van der Waals surface area contributed by atoms with Gasteiger partial charge in [0.1, 0.15) is 12.1 Å². The van der Waals surface area contributed by atoms with Gasteiger partial charge in [-0.3, -0.25) is 4.99 Å². The number of guanidine groups is 1. The van der Waals surface area contributed by atoms with Crippen LogP contribution in [0.4, 0.5) is 4.39 Å². The summed E-state index contributed by atoms with van der Waals surface area (Å²) in [5.41, 5.74) is 1.62. The number of nitrogens with one attached hydrogen (secondary N) is 1. The van der Waals surface area contributed by atoms with Crippen LogP contribution in [-0.4, -0.2) is 67.9 Å². The highest BCUT2D eigenvalue weighted by molar-refractivity contribution is 5.79. The third-order valence-electron chi connectivity index (χ3n) is 6.05. The summed E-state index contributed by atoms with van der Waals surface area (Å²) in [5.74, 6) is 1.14. The molecule has 1 unspecified atom stereocenters. The van der Waals surface area contributed by atoms with Crippen LogP contribution in [0.3, 0.4) is 0 Å². The molecule has 0 radical (unpaired) electrons. The molecule has 2 saturated heterocycles. The van der Waals surface area contributed by atoms with Crippen LogP contribution in [0.1, 0.15) is 37.8 Å². The summed E-state index contributed by atoms with van der Waals surface area (Å²) in [7, 11) is 1.81. The minimum absolute atomic E-state index is 0.273. The topological polar surface area (TPSA) is 72.1 Å². The molecule has 4 rings (SSSR count). The molecular weight excluding hydrogens is 411 g/mol. The normalized spacial score (nSPS) is 20.5. The molecular formula is C24H33FN4O3. The number of oxazole rings is 1. The van der Waals surface area contributed by atoms with Crippen molar-refractivity contribution >= 4 is 5.96 Å².